The van der Waals surface area contributed by atoms with Gasteiger partial charge in [0.1, 0.15) is 0 Å². The van der Waals surface area contributed by atoms with Crippen LogP contribution in [0.15, 0.2) is 24.3 Å². The fraction of sp³-hybridized carbons (Fsp3) is 0.647. The molecular formula is C17H29NO. The maximum Gasteiger partial charge on any atom is 0.0449 e. The Hall–Kier alpha value is -0.860. The summed E-state index contributed by atoms with van der Waals surface area (Å²) in [5.41, 5.74) is 8.49. The zero-order valence-electron chi connectivity index (χ0n) is 12.3. The first-order valence-corrected chi connectivity index (χ1v) is 7.73. The second-order valence-corrected chi connectivity index (χ2v) is 5.38. The molecule has 108 valence electrons. The van der Waals surface area contributed by atoms with E-state index in [4.69, 9.17) is 10.8 Å². The van der Waals surface area contributed by atoms with Crippen molar-refractivity contribution in [1.82, 2.24) is 0 Å². The first-order valence-electron chi connectivity index (χ1n) is 7.73. The number of rotatable bonds is 10. The van der Waals surface area contributed by atoms with Crippen LogP contribution >= 0.6 is 0 Å². The second kappa shape index (κ2) is 9.99. The predicted molar refractivity (Wildman–Crippen MR) is 82.2 cm³/mol. The average molecular weight is 263 g/mol. The van der Waals surface area contributed by atoms with Crippen LogP contribution in [0.1, 0.15) is 69.0 Å². The summed E-state index contributed by atoms with van der Waals surface area (Å²) in [7, 11) is 0. The highest BCUT2D eigenvalue weighted by Gasteiger charge is 2.04. The molecule has 1 unspecified atom stereocenters. The van der Waals surface area contributed by atoms with Crippen LogP contribution in [-0.4, -0.2) is 11.7 Å². The summed E-state index contributed by atoms with van der Waals surface area (Å²) in [5, 5.41) is 8.88. The molecule has 2 heteroatoms. The summed E-state index contributed by atoms with van der Waals surface area (Å²) in [6.07, 6.45) is 9.86. The van der Waals surface area contributed by atoms with E-state index in [9.17, 15) is 0 Å². The summed E-state index contributed by atoms with van der Waals surface area (Å²) in [4.78, 5) is 0. The zero-order chi connectivity index (χ0) is 13.9. The van der Waals surface area contributed by atoms with Crippen molar-refractivity contribution in [2.75, 3.05) is 6.61 Å². The molecule has 0 aliphatic carbocycles. The van der Waals surface area contributed by atoms with Gasteiger partial charge in [0.2, 0.25) is 0 Å². The van der Waals surface area contributed by atoms with E-state index < -0.39 is 0 Å². The minimum absolute atomic E-state index is 0.0342. The Kier molecular flexibility index (Phi) is 8.52. The fourth-order valence-corrected chi connectivity index (χ4v) is 2.35. The van der Waals surface area contributed by atoms with Crippen molar-refractivity contribution in [2.45, 2.75) is 64.3 Å². The summed E-state index contributed by atoms with van der Waals surface area (Å²) in [6, 6.07) is 8.53. The molecule has 1 rings (SSSR count). The van der Waals surface area contributed by atoms with Gasteiger partial charge < -0.3 is 10.8 Å². The molecule has 0 saturated heterocycles. The molecule has 1 aromatic rings. The lowest BCUT2D eigenvalue weighted by molar-refractivity contribution is 0.276. The Morgan fingerprint density at radius 2 is 1.63 bits per heavy atom. The van der Waals surface area contributed by atoms with Gasteiger partial charge in [-0.25, -0.2) is 0 Å². The van der Waals surface area contributed by atoms with Crippen molar-refractivity contribution in [2.24, 2.45) is 5.73 Å². The van der Waals surface area contributed by atoms with E-state index >= 15 is 0 Å². The van der Waals surface area contributed by atoms with Crippen LogP contribution in [0.5, 0.6) is 0 Å². The minimum Gasteiger partial charge on any atom is -0.396 e. The molecule has 0 aliphatic rings. The van der Waals surface area contributed by atoms with Crippen LogP contribution < -0.4 is 5.73 Å². The molecular weight excluding hydrogens is 234 g/mol. The number of nitrogens with two attached hydrogens (primary N) is 1. The van der Waals surface area contributed by atoms with E-state index in [0.717, 1.165) is 5.56 Å². The summed E-state index contributed by atoms with van der Waals surface area (Å²) >= 11 is 0. The Balaban J connectivity index is 2.24. The van der Waals surface area contributed by atoms with Crippen molar-refractivity contribution in [3.05, 3.63) is 35.4 Å². The molecule has 0 spiro atoms. The van der Waals surface area contributed by atoms with Crippen molar-refractivity contribution < 1.29 is 5.11 Å². The van der Waals surface area contributed by atoms with E-state index in [0.29, 0.717) is 6.42 Å². The molecule has 0 fully saturated rings. The quantitative estimate of drug-likeness (QED) is 0.627. The number of benzene rings is 1. The first-order chi connectivity index (χ1) is 9.27. The molecule has 0 heterocycles. The van der Waals surface area contributed by atoms with Crippen LogP contribution in [0.4, 0.5) is 0 Å². The highest BCUT2D eigenvalue weighted by Crippen LogP contribution is 2.16. The van der Waals surface area contributed by atoms with Gasteiger partial charge in [0, 0.05) is 12.6 Å². The zero-order valence-corrected chi connectivity index (χ0v) is 12.3. The molecule has 0 aromatic heterocycles. The van der Waals surface area contributed by atoms with Gasteiger partial charge in [0.05, 0.1) is 0 Å². The third-order valence-electron chi connectivity index (χ3n) is 3.67. The van der Waals surface area contributed by atoms with Gasteiger partial charge in [-0.2, -0.15) is 0 Å². The topological polar surface area (TPSA) is 46.2 Å². The van der Waals surface area contributed by atoms with E-state index in [1.54, 1.807) is 0 Å². The van der Waals surface area contributed by atoms with E-state index in [-0.39, 0.29) is 12.6 Å². The highest BCUT2D eigenvalue weighted by atomic mass is 16.3. The third-order valence-corrected chi connectivity index (χ3v) is 3.67. The smallest absolute Gasteiger partial charge is 0.0449 e. The van der Waals surface area contributed by atoms with Gasteiger partial charge in [-0.05, 0) is 30.4 Å². The van der Waals surface area contributed by atoms with Crippen LogP contribution in [-0.2, 0) is 6.42 Å². The lowest BCUT2D eigenvalue weighted by Gasteiger charge is -2.11. The number of aryl methyl sites for hydroxylation is 1. The van der Waals surface area contributed by atoms with Crippen molar-refractivity contribution >= 4 is 0 Å². The Labute approximate surface area is 118 Å². The third kappa shape index (κ3) is 6.74. The first kappa shape index (κ1) is 16.2. The van der Waals surface area contributed by atoms with Gasteiger partial charge in [-0.1, -0.05) is 63.3 Å². The predicted octanol–water partition coefficient (Wildman–Crippen LogP) is 3.97. The van der Waals surface area contributed by atoms with E-state index in [1.165, 1.54) is 50.5 Å². The summed E-state index contributed by atoms with van der Waals surface area (Å²) < 4.78 is 0. The monoisotopic (exact) mass is 263 g/mol. The molecule has 1 aromatic carbocycles. The summed E-state index contributed by atoms with van der Waals surface area (Å²) in [6.45, 7) is 2.41. The number of aliphatic hydroxyl groups is 1. The Bertz CT molecular complexity index is 321. The highest BCUT2D eigenvalue weighted by molar-refractivity contribution is 5.24. The van der Waals surface area contributed by atoms with Crippen molar-refractivity contribution in [3.8, 4) is 0 Å². The molecule has 0 amide bonds. The van der Waals surface area contributed by atoms with Gasteiger partial charge in [0.25, 0.3) is 0 Å². The lowest BCUT2D eigenvalue weighted by atomic mass is 10.0. The molecule has 3 N–H and O–H groups in total. The van der Waals surface area contributed by atoms with Crippen molar-refractivity contribution in [3.63, 3.8) is 0 Å². The van der Waals surface area contributed by atoms with E-state index in [1.807, 2.05) is 0 Å². The van der Waals surface area contributed by atoms with Gasteiger partial charge in [-0.15, -0.1) is 0 Å². The molecule has 19 heavy (non-hydrogen) atoms. The fourth-order valence-electron chi connectivity index (χ4n) is 2.35. The van der Waals surface area contributed by atoms with Gasteiger partial charge in [-0.3, -0.25) is 0 Å². The Morgan fingerprint density at radius 1 is 1.00 bits per heavy atom. The van der Waals surface area contributed by atoms with Crippen molar-refractivity contribution in [1.29, 1.82) is 0 Å². The largest absolute Gasteiger partial charge is 0.396 e. The standard InChI is InChI=1S/C17H29NO/c1-2-3-4-5-6-7-8-15-9-11-16(12-10-15)17(18)13-14-19/h9-12,17,19H,2-8,13-14,18H2,1H3. The van der Waals surface area contributed by atoms with Crippen LogP contribution in [0.2, 0.25) is 0 Å². The normalized spacial score (nSPS) is 12.6. The van der Waals surface area contributed by atoms with Gasteiger partial charge in [0.15, 0.2) is 0 Å². The maximum atomic E-state index is 8.88. The average Bonchev–Trinajstić information content (AvgIpc) is 2.43. The molecule has 0 radical (unpaired) electrons. The SMILES string of the molecule is CCCCCCCCc1ccc(C(N)CCO)cc1. The van der Waals surface area contributed by atoms with Crippen LogP contribution in [0.25, 0.3) is 0 Å². The second-order valence-electron chi connectivity index (χ2n) is 5.38. The van der Waals surface area contributed by atoms with Crippen LogP contribution in [0.3, 0.4) is 0 Å². The molecule has 2 nitrogen and oxygen atoms in total. The Morgan fingerprint density at radius 3 is 2.26 bits per heavy atom. The number of unbranched alkanes of at least 4 members (excludes halogenated alkanes) is 5. The molecule has 0 bridgehead atoms. The molecule has 0 saturated carbocycles. The van der Waals surface area contributed by atoms with Gasteiger partial charge >= 0.3 is 0 Å². The van der Waals surface area contributed by atoms with E-state index in [2.05, 4.69) is 31.2 Å². The lowest BCUT2D eigenvalue weighted by Crippen LogP contribution is -2.11. The number of aliphatic hydroxyl groups excluding tert-OH is 1. The molecule has 0 aliphatic heterocycles. The maximum absolute atomic E-state index is 8.88. The van der Waals surface area contributed by atoms with Crippen LogP contribution in [0, 0.1) is 0 Å². The minimum atomic E-state index is -0.0342. The molecule has 1 atom stereocenters. The summed E-state index contributed by atoms with van der Waals surface area (Å²) in [5.74, 6) is 0. The number of hydrogen-bond acceptors (Lipinski definition) is 2. The number of hydrogen-bond donors (Lipinski definition) is 2.